The maximum absolute atomic E-state index is 5.74. The molecule has 0 spiro atoms. The molecule has 6 aromatic carbocycles. The third kappa shape index (κ3) is 8.87. The van der Waals surface area contributed by atoms with Crippen LogP contribution in [0.4, 0.5) is 0 Å². The quantitative estimate of drug-likeness (QED) is 0.132. The molecule has 0 unspecified atom stereocenters. The van der Waals surface area contributed by atoms with Crippen molar-refractivity contribution in [2.45, 2.75) is 26.9 Å². The summed E-state index contributed by atoms with van der Waals surface area (Å²) >= 11 is 1.74. The minimum atomic E-state index is 0. The fraction of sp³-hybridized carbons (Fsp3) is 0.0952. The number of hydrogen-bond acceptors (Lipinski definition) is 2. The Bertz CT molecular complexity index is 2060. The second kappa shape index (κ2) is 17.1. The number of halogens is 2. The molecular weight excluding hydrogens is 727 g/mol. The van der Waals surface area contributed by atoms with Gasteiger partial charge in [-0.05, 0) is 49.2 Å². The van der Waals surface area contributed by atoms with Crippen LogP contribution in [0.25, 0.3) is 66.4 Å². The smallest absolute Gasteiger partial charge is 0.0896 e. The predicted octanol–water partition coefficient (Wildman–Crippen LogP) is 13.2. The average Bonchev–Trinajstić information content (AvgIpc) is 3.87. The van der Waals surface area contributed by atoms with E-state index in [0.29, 0.717) is 0 Å². The Morgan fingerprint density at radius 3 is 1.21 bits per heavy atom. The molecule has 2 nitrogen and oxygen atoms in total. The second-order valence-corrected chi connectivity index (χ2v) is 21.0. The van der Waals surface area contributed by atoms with Gasteiger partial charge < -0.3 is 8.83 Å². The monoisotopic (exact) mass is 762 g/mol. The molecule has 0 N–H and O–H groups in total. The molecular formula is C42H38Cl2O2SiZr. The summed E-state index contributed by atoms with van der Waals surface area (Å²) < 4.78 is 11.5. The third-order valence-electron chi connectivity index (χ3n) is 7.72. The molecule has 0 radical (unpaired) electrons. The van der Waals surface area contributed by atoms with Crippen LogP contribution >= 0.6 is 24.8 Å². The van der Waals surface area contributed by atoms with Crippen molar-refractivity contribution in [2.75, 3.05) is 0 Å². The summed E-state index contributed by atoms with van der Waals surface area (Å²) in [5.41, 5.74) is 7.52. The molecule has 0 bridgehead atoms. The van der Waals surface area contributed by atoms with Crippen molar-refractivity contribution in [3.05, 3.63) is 157 Å². The summed E-state index contributed by atoms with van der Waals surface area (Å²) in [5, 5.41) is 5.04. The van der Waals surface area contributed by atoms with Gasteiger partial charge in [0.2, 0.25) is 0 Å². The number of furan rings is 2. The first kappa shape index (κ1) is 37.2. The van der Waals surface area contributed by atoms with E-state index in [0.717, 1.165) is 34.2 Å². The largest absolute Gasteiger partial charge is 0.496 e. The minimum Gasteiger partial charge on any atom is -0.496 e. The van der Waals surface area contributed by atoms with Gasteiger partial charge in [-0.15, -0.1) is 82.8 Å². The molecule has 48 heavy (non-hydrogen) atoms. The Kier molecular flexibility index (Phi) is 13.3. The Morgan fingerprint density at radius 1 is 0.500 bits per heavy atom. The Hall–Kier alpha value is -3.66. The minimum absolute atomic E-state index is 0. The van der Waals surface area contributed by atoms with Crippen molar-refractivity contribution in [1.29, 1.82) is 0 Å². The van der Waals surface area contributed by atoms with Crippen LogP contribution in [0, 0.1) is 13.8 Å². The van der Waals surface area contributed by atoms with E-state index in [9.17, 15) is 0 Å². The van der Waals surface area contributed by atoms with Crippen molar-refractivity contribution >= 4 is 51.8 Å². The fourth-order valence-corrected chi connectivity index (χ4v) is 5.67. The molecule has 240 valence electrons. The van der Waals surface area contributed by atoms with Gasteiger partial charge in [-0.2, -0.15) is 0 Å². The zero-order chi connectivity index (χ0) is 32.0. The number of hydrogen-bond donors (Lipinski definition) is 0. The van der Waals surface area contributed by atoms with Gasteiger partial charge in [0, 0.05) is 0 Å². The molecule has 0 atom stereocenters. The number of rotatable bonds is 4. The molecule has 8 aromatic rings. The zero-order valence-corrected chi connectivity index (χ0v) is 32.6. The van der Waals surface area contributed by atoms with Crippen LogP contribution in [0.2, 0.25) is 13.1 Å². The van der Waals surface area contributed by atoms with Crippen LogP contribution in [-0.2, 0) is 23.3 Å². The van der Waals surface area contributed by atoms with E-state index in [4.69, 9.17) is 8.83 Å². The van der Waals surface area contributed by atoms with E-state index in [1.165, 1.54) is 43.8 Å². The van der Waals surface area contributed by atoms with Crippen molar-refractivity contribution in [2.24, 2.45) is 0 Å². The number of aryl methyl sites for hydroxylation is 2. The topological polar surface area (TPSA) is 26.3 Å². The van der Waals surface area contributed by atoms with Gasteiger partial charge in [0.15, 0.2) is 0 Å². The van der Waals surface area contributed by atoms with Gasteiger partial charge in [-0.25, -0.2) is 0 Å². The molecule has 0 saturated carbocycles. The van der Waals surface area contributed by atoms with Gasteiger partial charge in [0.05, 0.1) is 23.0 Å². The number of fused-ring (bicyclic) bond motifs is 2. The Labute approximate surface area is 310 Å². The molecule has 6 heteroatoms. The summed E-state index contributed by atoms with van der Waals surface area (Å²) in [7, 11) is 0. The van der Waals surface area contributed by atoms with Gasteiger partial charge in [0.1, 0.15) is 0 Å². The van der Waals surface area contributed by atoms with Gasteiger partial charge >= 0.3 is 41.9 Å². The van der Waals surface area contributed by atoms with Crippen LogP contribution in [0.3, 0.4) is 0 Å². The average molecular weight is 765 g/mol. The van der Waals surface area contributed by atoms with E-state index in [2.05, 4.69) is 122 Å². The first-order chi connectivity index (χ1) is 22.4. The molecule has 0 amide bonds. The molecule has 2 aromatic heterocycles. The van der Waals surface area contributed by atoms with Gasteiger partial charge in [-0.1, -0.05) is 107 Å². The Balaban J connectivity index is 0.000000188. The summed E-state index contributed by atoms with van der Waals surface area (Å²) in [4.78, 5) is 0. The zero-order valence-electron chi connectivity index (χ0n) is 27.5. The molecule has 8 rings (SSSR count). The van der Waals surface area contributed by atoms with Crippen molar-refractivity contribution in [3.63, 3.8) is 0 Å². The van der Waals surface area contributed by atoms with Crippen LogP contribution < -0.4 is 0 Å². The van der Waals surface area contributed by atoms with Crippen LogP contribution in [0.15, 0.2) is 154 Å². The summed E-state index contributed by atoms with van der Waals surface area (Å²) in [6.07, 6.45) is 0. The van der Waals surface area contributed by atoms with E-state index in [1.54, 1.807) is 23.3 Å². The van der Waals surface area contributed by atoms with Crippen LogP contribution in [0.5, 0.6) is 0 Å². The van der Waals surface area contributed by atoms with Crippen molar-refractivity contribution in [3.8, 4) is 44.9 Å². The Morgan fingerprint density at radius 2 is 0.875 bits per heavy atom. The SMILES string of the molecule is C[Si](C)=[Zr+2].Cc1ccc(-c2cc3c(-c4ccccc4)cccc3[cH-]2)o1.Cc1ccc(-c2cc3c(-c4ccccc4)cccc3[cH-]2)o1.Cl.Cl. The summed E-state index contributed by atoms with van der Waals surface area (Å²) in [5.74, 6) is 3.75. The fourth-order valence-electron chi connectivity index (χ4n) is 5.67. The first-order valence-corrected chi connectivity index (χ1v) is 21.7. The summed E-state index contributed by atoms with van der Waals surface area (Å²) in [6.45, 7) is 8.56. The molecule has 0 aliphatic heterocycles. The van der Waals surface area contributed by atoms with Crippen LogP contribution in [-0.4, -0.2) is 5.43 Å². The molecule has 0 aliphatic carbocycles. The molecule has 0 aliphatic rings. The third-order valence-corrected chi connectivity index (χ3v) is 7.72. The van der Waals surface area contributed by atoms with Crippen LogP contribution in [0.1, 0.15) is 11.5 Å². The maximum atomic E-state index is 5.74. The molecule has 0 saturated heterocycles. The normalized spacial score (nSPS) is 10.3. The van der Waals surface area contributed by atoms with E-state index >= 15 is 0 Å². The predicted molar refractivity (Wildman–Crippen MR) is 207 cm³/mol. The van der Waals surface area contributed by atoms with E-state index < -0.39 is 0 Å². The standard InChI is InChI=1S/2C20H15O.C2H6Si.2ClH.Zr/c2*1-14-10-11-20(21-14)17-12-16-8-5-9-18(19(16)13-17)15-6-3-2-4-7-15;1-3-2;;;/h2*2-13H,1H3;1-2H3;2*1H;/q2*-1;;;;+2. The van der Waals surface area contributed by atoms with Gasteiger partial charge in [0.25, 0.3) is 0 Å². The van der Waals surface area contributed by atoms with Gasteiger partial charge in [-0.3, -0.25) is 0 Å². The van der Waals surface area contributed by atoms with Crippen molar-refractivity contribution in [1.82, 2.24) is 0 Å². The second-order valence-electron chi connectivity index (χ2n) is 11.7. The molecule has 2 heterocycles. The van der Waals surface area contributed by atoms with E-state index in [1.807, 2.05) is 50.2 Å². The maximum Gasteiger partial charge on any atom is 0.0896 e. The summed E-state index contributed by atoms with van der Waals surface area (Å²) in [6, 6.07) is 50.8. The molecule has 0 fully saturated rings. The van der Waals surface area contributed by atoms with Crippen molar-refractivity contribution < 1.29 is 32.2 Å². The number of benzene rings is 4. The van der Waals surface area contributed by atoms with E-state index in [-0.39, 0.29) is 30.2 Å². The first-order valence-electron chi connectivity index (χ1n) is 15.5.